The number of amides is 3. The summed E-state index contributed by atoms with van der Waals surface area (Å²) in [7, 11) is 0. The van der Waals surface area contributed by atoms with Gasteiger partial charge in [-0.3, -0.25) is 14.4 Å². The first-order valence-electron chi connectivity index (χ1n) is 7.55. The Hall–Kier alpha value is -3.15. The van der Waals surface area contributed by atoms with E-state index < -0.39 is 17.7 Å². The summed E-state index contributed by atoms with van der Waals surface area (Å²) in [6.07, 6.45) is 0. The number of carbonyl (C=O) groups excluding carboxylic acids is 3. The van der Waals surface area contributed by atoms with Crippen molar-refractivity contribution in [3.05, 3.63) is 65.7 Å². The van der Waals surface area contributed by atoms with Crippen molar-refractivity contribution in [3.63, 3.8) is 0 Å². The summed E-state index contributed by atoms with van der Waals surface area (Å²) in [6, 6.07) is 15.5. The van der Waals surface area contributed by atoms with Crippen molar-refractivity contribution in [3.8, 4) is 0 Å². The first-order chi connectivity index (χ1) is 11.5. The smallest absolute Gasteiger partial charge is 0.313 e. The van der Waals surface area contributed by atoms with Gasteiger partial charge in [-0.05, 0) is 36.8 Å². The van der Waals surface area contributed by atoms with Crippen LogP contribution in [0.2, 0.25) is 0 Å². The molecule has 0 saturated heterocycles. The first-order valence-corrected chi connectivity index (χ1v) is 7.55. The number of nitrogens with one attached hydrogen (secondary N) is 1. The predicted octanol–water partition coefficient (Wildman–Crippen LogP) is 1.77. The van der Waals surface area contributed by atoms with Gasteiger partial charge in [-0.1, -0.05) is 30.3 Å². The molecule has 0 aliphatic carbocycles. The van der Waals surface area contributed by atoms with E-state index in [-0.39, 0.29) is 0 Å². The summed E-state index contributed by atoms with van der Waals surface area (Å²) in [6.45, 7) is 2.60. The number of nitrogens with two attached hydrogens (primary N) is 1. The highest BCUT2D eigenvalue weighted by Gasteiger charge is 2.20. The summed E-state index contributed by atoms with van der Waals surface area (Å²) < 4.78 is 0. The molecule has 0 saturated carbocycles. The molecule has 24 heavy (non-hydrogen) atoms. The highest BCUT2D eigenvalue weighted by Crippen LogP contribution is 2.10. The van der Waals surface area contributed by atoms with Crippen LogP contribution >= 0.6 is 0 Å². The van der Waals surface area contributed by atoms with Crippen LogP contribution in [0, 0.1) is 0 Å². The SMILES string of the molecule is CCN(Cc1ccccc1)C(=O)C(=O)Nc1ccc(C(N)=O)cc1. The zero-order valence-electron chi connectivity index (χ0n) is 13.4. The topological polar surface area (TPSA) is 92.5 Å². The fourth-order valence-corrected chi connectivity index (χ4v) is 2.18. The average Bonchev–Trinajstić information content (AvgIpc) is 2.60. The van der Waals surface area contributed by atoms with Crippen LogP contribution in [0.15, 0.2) is 54.6 Å². The first kappa shape index (κ1) is 17.2. The third-order valence-electron chi connectivity index (χ3n) is 3.51. The molecule has 0 spiro atoms. The highest BCUT2D eigenvalue weighted by atomic mass is 16.2. The third-order valence-corrected chi connectivity index (χ3v) is 3.51. The summed E-state index contributed by atoms with van der Waals surface area (Å²) >= 11 is 0. The Balaban J connectivity index is 2.01. The van der Waals surface area contributed by atoms with E-state index in [0.29, 0.717) is 24.3 Å². The number of hydrogen-bond acceptors (Lipinski definition) is 3. The van der Waals surface area contributed by atoms with Gasteiger partial charge in [0.15, 0.2) is 0 Å². The summed E-state index contributed by atoms with van der Waals surface area (Å²) in [5, 5.41) is 2.53. The van der Waals surface area contributed by atoms with Crippen molar-refractivity contribution in [2.75, 3.05) is 11.9 Å². The maximum absolute atomic E-state index is 12.3. The number of hydrogen-bond donors (Lipinski definition) is 2. The molecule has 2 aromatic rings. The van der Waals surface area contributed by atoms with Crippen molar-refractivity contribution >= 4 is 23.4 Å². The molecular formula is C18H19N3O3. The highest BCUT2D eigenvalue weighted by molar-refractivity contribution is 6.39. The van der Waals surface area contributed by atoms with E-state index >= 15 is 0 Å². The molecule has 6 heteroatoms. The van der Waals surface area contributed by atoms with Crippen LogP contribution in [-0.2, 0) is 16.1 Å². The number of primary amides is 1. The Morgan fingerprint density at radius 2 is 1.62 bits per heavy atom. The maximum Gasteiger partial charge on any atom is 0.313 e. The third kappa shape index (κ3) is 4.42. The predicted molar refractivity (Wildman–Crippen MR) is 91.1 cm³/mol. The quantitative estimate of drug-likeness (QED) is 0.821. The number of rotatable bonds is 5. The second kappa shape index (κ2) is 7.92. The molecular weight excluding hydrogens is 306 g/mol. The van der Waals surface area contributed by atoms with Crippen molar-refractivity contribution < 1.29 is 14.4 Å². The lowest BCUT2D eigenvalue weighted by Crippen LogP contribution is -2.39. The lowest BCUT2D eigenvalue weighted by molar-refractivity contribution is -0.143. The van der Waals surface area contributed by atoms with Crippen LogP contribution in [0.3, 0.4) is 0 Å². The monoisotopic (exact) mass is 325 g/mol. The van der Waals surface area contributed by atoms with Crippen LogP contribution < -0.4 is 11.1 Å². The number of benzene rings is 2. The van der Waals surface area contributed by atoms with Gasteiger partial charge >= 0.3 is 11.8 Å². The van der Waals surface area contributed by atoms with E-state index in [9.17, 15) is 14.4 Å². The number of carbonyl (C=O) groups is 3. The zero-order chi connectivity index (χ0) is 17.5. The fraction of sp³-hybridized carbons (Fsp3) is 0.167. The molecule has 124 valence electrons. The van der Waals surface area contributed by atoms with Crippen molar-refractivity contribution in [1.29, 1.82) is 0 Å². The van der Waals surface area contributed by atoms with Gasteiger partial charge < -0.3 is 16.0 Å². The molecule has 3 N–H and O–H groups in total. The fourth-order valence-electron chi connectivity index (χ4n) is 2.18. The van der Waals surface area contributed by atoms with E-state index in [1.165, 1.54) is 29.2 Å². The van der Waals surface area contributed by atoms with Gasteiger partial charge in [-0.25, -0.2) is 0 Å². The van der Waals surface area contributed by atoms with Crippen LogP contribution in [0.25, 0.3) is 0 Å². The van der Waals surface area contributed by atoms with E-state index in [2.05, 4.69) is 5.32 Å². The van der Waals surface area contributed by atoms with Crippen LogP contribution in [0.5, 0.6) is 0 Å². The average molecular weight is 325 g/mol. The Morgan fingerprint density at radius 3 is 2.17 bits per heavy atom. The summed E-state index contributed by atoms with van der Waals surface area (Å²) in [5.74, 6) is -1.89. The van der Waals surface area contributed by atoms with Gasteiger partial charge in [-0.15, -0.1) is 0 Å². The molecule has 0 aromatic heterocycles. The second-order valence-electron chi connectivity index (χ2n) is 5.20. The van der Waals surface area contributed by atoms with Gasteiger partial charge in [0.1, 0.15) is 0 Å². The lowest BCUT2D eigenvalue weighted by Gasteiger charge is -2.20. The van der Waals surface area contributed by atoms with Gasteiger partial charge in [0.2, 0.25) is 5.91 Å². The van der Waals surface area contributed by atoms with Crippen LogP contribution in [0.1, 0.15) is 22.8 Å². The molecule has 2 aromatic carbocycles. The molecule has 0 fully saturated rings. The maximum atomic E-state index is 12.3. The Morgan fingerprint density at radius 1 is 1.00 bits per heavy atom. The lowest BCUT2D eigenvalue weighted by atomic mass is 10.2. The second-order valence-corrected chi connectivity index (χ2v) is 5.20. The standard InChI is InChI=1S/C18H19N3O3/c1-2-21(12-13-6-4-3-5-7-13)18(24)17(23)20-15-10-8-14(9-11-15)16(19)22/h3-11H,2,12H2,1H3,(H2,19,22)(H,20,23). The van der Waals surface area contributed by atoms with Crippen molar-refractivity contribution in [2.24, 2.45) is 5.73 Å². The van der Waals surface area contributed by atoms with Crippen molar-refractivity contribution in [1.82, 2.24) is 4.90 Å². The minimum absolute atomic E-state index is 0.332. The molecule has 0 aliphatic rings. The molecule has 0 heterocycles. The van der Waals surface area contributed by atoms with Gasteiger partial charge in [-0.2, -0.15) is 0 Å². The zero-order valence-corrected chi connectivity index (χ0v) is 13.4. The van der Waals surface area contributed by atoms with Gasteiger partial charge in [0.05, 0.1) is 0 Å². The molecule has 0 atom stereocenters. The normalized spacial score (nSPS) is 10.0. The Kier molecular flexibility index (Phi) is 5.68. The Labute approximate surface area is 140 Å². The molecule has 0 radical (unpaired) electrons. The molecule has 0 unspecified atom stereocenters. The molecule has 6 nitrogen and oxygen atoms in total. The minimum atomic E-state index is -0.723. The number of anilines is 1. The number of likely N-dealkylation sites (N-methyl/N-ethyl adjacent to an activating group) is 1. The number of nitrogens with zero attached hydrogens (tertiary/aromatic N) is 1. The van der Waals surface area contributed by atoms with Gasteiger partial charge in [0.25, 0.3) is 0 Å². The molecule has 2 rings (SSSR count). The molecule has 0 aliphatic heterocycles. The molecule has 3 amide bonds. The Bertz CT molecular complexity index is 727. The van der Waals surface area contributed by atoms with Crippen LogP contribution in [-0.4, -0.2) is 29.2 Å². The van der Waals surface area contributed by atoms with Crippen LogP contribution in [0.4, 0.5) is 5.69 Å². The summed E-state index contributed by atoms with van der Waals surface area (Å²) in [4.78, 5) is 36.9. The molecule has 0 bridgehead atoms. The largest absolute Gasteiger partial charge is 0.366 e. The van der Waals surface area contributed by atoms with Crippen molar-refractivity contribution in [2.45, 2.75) is 13.5 Å². The van der Waals surface area contributed by atoms with E-state index in [1.54, 1.807) is 0 Å². The van der Waals surface area contributed by atoms with E-state index in [1.807, 2.05) is 37.3 Å². The van der Waals surface area contributed by atoms with E-state index in [0.717, 1.165) is 5.56 Å². The van der Waals surface area contributed by atoms with E-state index in [4.69, 9.17) is 5.73 Å². The van der Waals surface area contributed by atoms with Gasteiger partial charge in [0, 0.05) is 24.3 Å². The minimum Gasteiger partial charge on any atom is -0.366 e. The summed E-state index contributed by atoms with van der Waals surface area (Å²) in [5.41, 5.74) is 6.86.